The molecule has 2 amide bonds. The Hall–Kier alpha value is -2.29. The average molecular weight is 441 g/mol. The van der Waals surface area contributed by atoms with Crippen LogP contribution in [-0.4, -0.2) is 34.8 Å². The molecule has 0 unspecified atom stereocenters. The zero-order chi connectivity index (χ0) is 20.7. The quantitative estimate of drug-likeness (QED) is 0.625. The lowest BCUT2D eigenvalue weighted by Gasteiger charge is -2.33. The number of carbonyl (C=O) groups excluding carboxylic acids is 2. The van der Waals surface area contributed by atoms with Crippen LogP contribution in [0.3, 0.4) is 0 Å². The van der Waals surface area contributed by atoms with Gasteiger partial charge in [0.1, 0.15) is 10.0 Å². The number of para-hydroxylation sites is 1. The summed E-state index contributed by atoms with van der Waals surface area (Å²) in [5.41, 5.74) is 8.20. The van der Waals surface area contributed by atoms with E-state index in [0.717, 1.165) is 61.2 Å². The maximum atomic E-state index is 12.9. The first-order valence-electron chi connectivity index (χ1n) is 10.4. The molecular formula is C22H24N4O2S2. The number of aryl methyl sites for hydroxylation is 1. The van der Waals surface area contributed by atoms with Crippen molar-refractivity contribution in [1.82, 2.24) is 9.88 Å². The number of hydrogen-bond donors (Lipinski definition) is 2. The summed E-state index contributed by atoms with van der Waals surface area (Å²) in [6.07, 6.45) is 6.10. The van der Waals surface area contributed by atoms with Crippen molar-refractivity contribution in [3.8, 4) is 0 Å². The van der Waals surface area contributed by atoms with Crippen LogP contribution in [0.2, 0.25) is 0 Å². The number of thiophene rings is 1. The van der Waals surface area contributed by atoms with Gasteiger partial charge in [0.05, 0.1) is 28.4 Å². The maximum absolute atomic E-state index is 12.9. The van der Waals surface area contributed by atoms with Gasteiger partial charge in [0, 0.05) is 4.88 Å². The number of rotatable bonds is 5. The standard InChI is InChI=1S/C22H24N4O2S2/c23-20(28)19-13-6-5-10-16(13)29-22(19)25-18(27)12-26-11-4-3-8-15(26)21-24-14-7-1-2-9-17(14)30-21/h1-2,7,9,15H,3-6,8,10-12H2,(H2,23,28)(H,25,27)/t15-/m1/s1. The molecule has 3 aromatic rings. The van der Waals surface area contributed by atoms with Gasteiger partial charge in [0.2, 0.25) is 5.91 Å². The van der Waals surface area contributed by atoms with Crippen molar-refractivity contribution in [3.63, 3.8) is 0 Å². The summed E-state index contributed by atoms with van der Waals surface area (Å²) < 4.78 is 1.18. The van der Waals surface area contributed by atoms with Crippen LogP contribution in [0.15, 0.2) is 24.3 Å². The van der Waals surface area contributed by atoms with E-state index in [1.54, 1.807) is 11.3 Å². The Morgan fingerprint density at radius 3 is 2.87 bits per heavy atom. The van der Waals surface area contributed by atoms with E-state index in [0.29, 0.717) is 17.1 Å². The molecule has 3 heterocycles. The minimum atomic E-state index is -0.449. The van der Waals surface area contributed by atoms with Crippen molar-refractivity contribution in [2.45, 2.75) is 44.6 Å². The molecular weight excluding hydrogens is 416 g/mol. The molecule has 30 heavy (non-hydrogen) atoms. The molecule has 8 heteroatoms. The zero-order valence-corrected chi connectivity index (χ0v) is 18.3. The van der Waals surface area contributed by atoms with Gasteiger partial charge >= 0.3 is 0 Å². The molecule has 0 spiro atoms. The van der Waals surface area contributed by atoms with Crippen LogP contribution in [0.25, 0.3) is 10.2 Å². The van der Waals surface area contributed by atoms with Crippen LogP contribution in [0.4, 0.5) is 5.00 Å². The average Bonchev–Trinajstić information content (AvgIpc) is 3.41. The number of piperidine rings is 1. The number of anilines is 1. The Morgan fingerprint density at radius 2 is 2.03 bits per heavy atom. The van der Waals surface area contributed by atoms with Crippen LogP contribution in [0.1, 0.15) is 57.5 Å². The van der Waals surface area contributed by atoms with Crippen molar-refractivity contribution in [2.75, 3.05) is 18.4 Å². The van der Waals surface area contributed by atoms with E-state index in [4.69, 9.17) is 10.7 Å². The number of benzene rings is 1. The van der Waals surface area contributed by atoms with Crippen LogP contribution in [0.5, 0.6) is 0 Å². The summed E-state index contributed by atoms with van der Waals surface area (Å²) in [5, 5.41) is 4.68. The van der Waals surface area contributed by atoms with Gasteiger partial charge in [0.15, 0.2) is 0 Å². The van der Waals surface area contributed by atoms with Gasteiger partial charge in [-0.15, -0.1) is 22.7 Å². The van der Waals surface area contributed by atoms with Gasteiger partial charge < -0.3 is 11.1 Å². The number of amides is 2. The first-order valence-corrected chi connectivity index (χ1v) is 12.1. The van der Waals surface area contributed by atoms with Gasteiger partial charge in [-0.05, 0) is 56.3 Å². The Morgan fingerprint density at radius 1 is 1.17 bits per heavy atom. The van der Waals surface area contributed by atoms with Crippen molar-refractivity contribution >= 4 is 49.7 Å². The van der Waals surface area contributed by atoms with E-state index < -0.39 is 5.91 Å². The molecule has 0 radical (unpaired) electrons. The second-order valence-corrected chi connectivity index (χ2v) is 10.1. The lowest BCUT2D eigenvalue weighted by molar-refractivity contribution is -0.118. The predicted octanol–water partition coefficient (Wildman–Crippen LogP) is 4.11. The number of nitrogens with zero attached hydrogens (tertiary/aromatic N) is 2. The Kier molecular flexibility index (Phi) is 5.30. The summed E-state index contributed by atoms with van der Waals surface area (Å²) in [6, 6.07) is 8.33. The molecule has 3 N–H and O–H groups in total. The first kappa shape index (κ1) is 19.7. The van der Waals surface area contributed by atoms with Gasteiger partial charge in [-0.25, -0.2) is 4.98 Å². The zero-order valence-electron chi connectivity index (χ0n) is 16.6. The Balaban J connectivity index is 1.34. The molecule has 2 aliphatic rings. The predicted molar refractivity (Wildman–Crippen MR) is 121 cm³/mol. The number of thiazole rings is 1. The first-order chi connectivity index (χ1) is 14.6. The van der Waals surface area contributed by atoms with Gasteiger partial charge in [-0.3, -0.25) is 14.5 Å². The van der Waals surface area contributed by atoms with E-state index in [2.05, 4.69) is 16.3 Å². The summed E-state index contributed by atoms with van der Waals surface area (Å²) >= 11 is 3.22. The number of nitrogens with two attached hydrogens (primary N) is 1. The fraction of sp³-hybridized carbons (Fsp3) is 0.409. The molecule has 1 atom stereocenters. The highest BCUT2D eigenvalue weighted by atomic mass is 32.1. The molecule has 0 saturated carbocycles. The topological polar surface area (TPSA) is 88.3 Å². The second kappa shape index (κ2) is 8.09. The number of hydrogen-bond acceptors (Lipinski definition) is 6. The van der Waals surface area contributed by atoms with Crippen LogP contribution >= 0.6 is 22.7 Å². The largest absolute Gasteiger partial charge is 0.365 e. The molecule has 2 aromatic heterocycles. The van der Waals surface area contributed by atoms with E-state index >= 15 is 0 Å². The van der Waals surface area contributed by atoms with Gasteiger partial charge in [-0.2, -0.15) is 0 Å². The molecule has 6 nitrogen and oxygen atoms in total. The number of carbonyl (C=O) groups is 2. The maximum Gasteiger partial charge on any atom is 0.251 e. The van der Waals surface area contributed by atoms with Crippen molar-refractivity contribution in [3.05, 3.63) is 45.3 Å². The van der Waals surface area contributed by atoms with Crippen molar-refractivity contribution in [1.29, 1.82) is 0 Å². The van der Waals surface area contributed by atoms with Gasteiger partial charge in [-0.1, -0.05) is 18.6 Å². The highest BCUT2D eigenvalue weighted by Gasteiger charge is 2.30. The Labute approximate surface area is 183 Å². The minimum Gasteiger partial charge on any atom is -0.365 e. The summed E-state index contributed by atoms with van der Waals surface area (Å²) in [7, 11) is 0. The smallest absolute Gasteiger partial charge is 0.251 e. The normalized spacial score (nSPS) is 19.1. The van der Waals surface area contributed by atoms with Crippen LogP contribution in [0, 0.1) is 0 Å². The number of primary amides is 1. The highest BCUT2D eigenvalue weighted by molar-refractivity contribution is 7.18. The fourth-order valence-corrected chi connectivity index (χ4v) is 7.04. The fourth-order valence-electron chi connectivity index (χ4n) is 4.60. The lowest BCUT2D eigenvalue weighted by atomic mass is 10.0. The highest BCUT2D eigenvalue weighted by Crippen LogP contribution is 2.39. The second-order valence-electron chi connectivity index (χ2n) is 7.98. The van der Waals surface area contributed by atoms with Gasteiger partial charge in [0.25, 0.3) is 5.91 Å². The third-order valence-corrected chi connectivity index (χ3v) is 8.32. The van der Waals surface area contributed by atoms with Crippen molar-refractivity contribution in [2.24, 2.45) is 5.73 Å². The molecule has 156 valence electrons. The number of nitrogens with one attached hydrogen (secondary N) is 1. The monoisotopic (exact) mass is 440 g/mol. The van der Waals surface area contributed by atoms with Crippen LogP contribution < -0.4 is 11.1 Å². The number of fused-ring (bicyclic) bond motifs is 2. The van der Waals surface area contributed by atoms with E-state index in [-0.39, 0.29) is 11.9 Å². The molecule has 1 aromatic carbocycles. The molecule has 0 bridgehead atoms. The third kappa shape index (κ3) is 3.64. The molecule has 1 saturated heterocycles. The lowest BCUT2D eigenvalue weighted by Crippen LogP contribution is -2.39. The van der Waals surface area contributed by atoms with E-state index in [9.17, 15) is 9.59 Å². The number of likely N-dealkylation sites (tertiary alicyclic amines) is 1. The summed E-state index contributed by atoms with van der Waals surface area (Å²) in [4.78, 5) is 33.2. The summed E-state index contributed by atoms with van der Waals surface area (Å²) in [5.74, 6) is -0.541. The molecule has 1 aliphatic heterocycles. The third-order valence-electron chi connectivity index (χ3n) is 5.98. The van der Waals surface area contributed by atoms with E-state index in [1.165, 1.54) is 20.9 Å². The Bertz CT molecular complexity index is 1090. The van der Waals surface area contributed by atoms with Crippen molar-refractivity contribution < 1.29 is 9.59 Å². The SMILES string of the molecule is NC(=O)c1c(NC(=O)CN2CCCC[C@@H]2c2nc3ccccc3s2)sc2c1CCC2. The molecule has 5 rings (SSSR count). The summed E-state index contributed by atoms with van der Waals surface area (Å²) in [6.45, 7) is 1.17. The number of aromatic nitrogens is 1. The minimum absolute atomic E-state index is 0.0922. The molecule has 1 fully saturated rings. The molecule has 1 aliphatic carbocycles. The van der Waals surface area contributed by atoms with E-state index in [1.807, 2.05) is 18.2 Å². The van der Waals surface area contributed by atoms with Crippen LogP contribution in [-0.2, 0) is 17.6 Å².